The summed E-state index contributed by atoms with van der Waals surface area (Å²) in [5, 5.41) is 2.96. The fourth-order valence-corrected chi connectivity index (χ4v) is 3.98. The van der Waals surface area contributed by atoms with E-state index in [-0.39, 0.29) is 11.8 Å². The average molecular weight is 426 g/mol. The van der Waals surface area contributed by atoms with E-state index in [4.69, 9.17) is 8.83 Å². The lowest BCUT2D eigenvalue weighted by atomic mass is 10.1. The van der Waals surface area contributed by atoms with Crippen LogP contribution >= 0.6 is 0 Å². The Bertz CT molecular complexity index is 1290. The van der Waals surface area contributed by atoms with Crippen molar-refractivity contribution in [2.75, 3.05) is 11.9 Å². The highest BCUT2D eigenvalue weighted by molar-refractivity contribution is 6.05. The average Bonchev–Trinajstić information content (AvgIpc) is 3.49. The van der Waals surface area contributed by atoms with Gasteiger partial charge in [0.1, 0.15) is 11.5 Å². The van der Waals surface area contributed by atoms with Crippen LogP contribution < -0.4 is 5.32 Å². The Hall–Kier alpha value is -4.06. The number of nitrogens with zero attached hydrogens (tertiary/aromatic N) is 1. The molecule has 6 nitrogen and oxygen atoms in total. The van der Waals surface area contributed by atoms with Crippen molar-refractivity contribution in [3.05, 3.63) is 101 Å². The Morgan fingerprint density at radius 2 is 1.88 bits per heavy atom. The fraction of sp³-hybridized carbons (Fsp3) is 0.154. The minimum Gasteiger partial charge on any atom is -0.461 e. The number of furan rings is 2. The van der Waals surface area contributed by atoms with Crippen molar-refractivity contribution in [2.24, 2.45) is 0 Å². The highest BCUT2D eigenvalue weighted by atomic mass is 16.3. The first-order valence-electron chi connectivity index (χ1n) is 10.5. The molecule has 5 rings (SSSR count). The Labute approximate surface area is 185 Å². The van der Waals surface area contributed by atoms with Gasteiger partial charge in [0.05, 0.1) is 6.26 Å². The van der Waals surface area contributed by atoms with E-state index in [1.807, 2.05) is 61.5 Å². The first-order chi connectivity index (χ1) is 15.6. The van der Waals surface area contributed by atoms with Gasteiger partial charge in [0.2, 0.25) is 0 Å². The largest absolute Gasteiger partial charge is 0.461 e. The molecule has 0 atom stereocenters. The number of anilines is 1. The smallest absolute Gasteiger partial charge is 0.289 e. The van der Waals surface area contributed by atoms with E-state index >= 15 is 0 Å². The van der Waals surface area contributed by atoms with Gasteiger partial charge in [0.25, 0.3) is 11.8 Å². The molecule has 0 aliphatic carbocycles. The molecular formula is C26H22N2O4. The topological polar surface area (TPSA) is 75.7 Å². The van der Waals surface area contributed by atoms with Crippen LogP contribution in [-0.4, -0.2) is 23.3 Å². The molecule has 0 saturated carbocycles. The van der Waals surface area contributed by atoms with Gasteiger partial charge in [-0.15, -0.1) is 0 Å². The van der Waals surface area contributed by atoms with E-state index in [1.54, 1.807) is 17.0 Å². The molecule has 1 aliphatic rings. The lowest BCUT2D eigenvalue weighted by molar-refractivity contribution is 0.0697. The van der Waals surface area contributed by atoms with Crippen LogP contribution in [0.15, 0.2) is 81.8 Å². The predicted molar refractivity (Wildman–Crippen MR) is 120 cm³/mol. The van der Waals surface area contributed by atoms with Gasteiger partial charge in [0, 0.05) is 41.9 Å². The van der Waals surface area contributed by atoms with Gasteiger partial charge < -0.3 is 19.1 Å². The quantitative estimate of drug-likeness (QED) is 0.481. The van der Waals surface area contributed by atoms with Gasteiger partial charge in [-0.25, -0.2) is 0 Å². The zero-order valence-corrected chi connectivity index (χ0v) is 17.6. The Morgan fingerprint density at radius 3 is 2.69 bits per heavy atom. The van der Waals surface area contributed by atoms with E-state index < -0.39 is 0 Å². The van der Waals surface area contributed by atoms with Gasteiger partial charge in [-0.2, -0.15) is 0 Å². The molecule has 6 heteroatoms. The summed E-state index contributed by atoms with van der Waals surface area (Å²) < 4.78 is 11.3. The molecule has 0 fully saturated rings. The summed E-state index contributed by atoms with van der Waals surface area (Å²) in [7, 11) is 0. The van der Waals surface area contributed by atoms with Gasteiger partial charge in [-0.05, 0) is 48.9 Å². The summed E-state index contributed by atoms with van der Waals surface area (Å²) in [5.74, 6) is 1.68. The molecule has 0 saturated heterocycles. The minimum absolute atomic E-state index is 0.121. The standard InChI is InChI=1S/C26H22N2O4/c1-17-6-2-3-9-21(17)25(29)27-20-8-4-7-18(14-20)24-15-19-16-28(12-11-22(19)32-24)26(30)23-10-5-13-31-23/h2-10,13-15H,11-12,16H2,1H3,(H,27,29). The second-order valence-corrected chi connectivity index (χ2v) is 7.86. The first-order valence-corrected chi connectivity index (χ1v) is 10.5. The SMILES string of the molecule is Cc1ccccc1C(=O)Nc1cccc(-c2cc3c(o2)CCN(C(=O)c2ccco2)C3)c1. The normalized spacial score (nSPS) is 13.0. The Balaban J connectivity index is 1.34. The summed E-state index contributed by atoms with van der Waals surface area (Å²) in [5.41, 5.74) is 4.12. The Kier molecular flexibility index (Phi) is 5.11. The van der Waals surface area contributed by atoms with Gasteiger partial charge in [-0.3, -0.25) is 9.59 Å². The molecule has 2 amide bonds. The number of carbonyl (C=O) groups excluding carboxylic acids is 2. The third-order valence-electron chi connectivity index (χ3n) is 5.68. The first kappa shape index (κ1) is 19.9. The molecule has 2 aromatic carbocycles. The lowest BCUT2D eigenvalue weighted by Crippen LogP contribution is -2.35. The minimum atomic E-state index is -0.147. The van der Waals surface area contributed by atoms with Crippen LogP contribution in [0.25, 0.3) is 11.3 Å². The number of hydrogen-bond donors (Lipinski definition) is 1. The summed E-state index contributed by atoms with van der Waals surface area (Å²) in [4.78, 5) is 27.0. The number of nitrogens with one attached hydrogen (secondary N) is 1. The fourth-order valence-electron chi connectivity index (χ4n) is 3.98. The van der Waals surface area contributed by atoms with Crippen molar-refractivity contribution in [3.63, 3.8) is 0 Å². The van der Waals surface area contributed by atoms with Crippen LogP contribution in [0.2, 0.25) is 0 Å². The van der Waals surface area contributed by atoms with Crippen molar-refractivity contribution in [2.45, 2.75) is 19.9 Å². The van der Waals surface area contributed by atoms with Crippen LogP contribution in [0, 0.1) is 6.92 Å². The van der Waals surface area contributed by atoms with Crippen LogP contribution in [0.5, 0.6) is 0 Å². The highest BCUT2D eigenvalue weighted by Gasteiger charge is 2.26. The van der Waals surface area contributed by atoms with E-state index in [0.29, 0.717) is 42.3 Å². The van der Waals surface area contributed by atoms with Crippen molar-refractivity contribution in [1.29, 1.82) is 0 Å². The van der Waals surface area contributed by atoms with E-state index in [0.717, 1.165) is 22.5 Å². The predicted octanol–water partition coefficient (Wildman–Crippen LogP) is 5.30. The van der Waals surface area contributed by atoms with E-state index in [1.165, 1.54) is 6.26 Å². The molecular weight excluding hydrogens is 404 g/mol. The number of rotatable bonds is 4. The third kappa shape index (κ3) is 3.83. The maximum absolute atomic E-state index is 12.7. The second kappa shape index (κ2) is 8.23. The molecule has 0 unspecified atom stereocenters. The lowest BCUT2D eigenvalue weighted by Gasteiger charge is -2.25. The number of benzene rings is 2. The van der Waals surface area contributed by atoms with Gasteiger partial charge in [0.15, 0.2) is 5.76 Å². The Morgan fingerprint density at radius 1 is 1.00 bits per heavy atom. The van der Waals surface area contributed by atoms with E-state index in [9.17, 15) is 9.59 Å². The highest BCUT2D eigenvalue weighted by Crippen LogP contribution is 2.31. The third-order valence-corrected chi connectivity index (χ3v) is 5.68. The summed E-state index contributed by atoms with van der Waals surface area (Å²) >= 11 is 0. The van der Waals surface area contributed by atoms with Crippen LogP contribution in [0.3, 0.4) is 0 Å². The number of hydrogen-bond acceptors (Lipinski definition) is 4. The summed E-state index contributed by atoms with van der Waals surface area (Å²) in [6, 6.07) is 20.4. The molecule has 3 heterocycles. The maximum atomic E-state index is 12.7. The summed E-state index contributed by atoms with van der Waals surface area (Å²) in [6.07, 6.45) is 2.15. The summed E-state index contributed by atoms with van der Waals surface area (Å²) in [6.45, 7) is 2.96. The van der Waals surface area contributed by atoms with Crippen molar-refractivity contribution in [3.8, 4) is 11.3 Å². The number of carbonyl (C=O) groups is 2. The van der Waals surface area contributed by atoms with Gasteiger partial charge >= 0.3 is 0 Å². The second-order valence-electron chi connectivity index (χ2n) is 7.86. The van der Waals surface area contributed by atoms with Crippen molar-refractivity contribution >= 4 is 17.5 Å². The molecule has 1 N–H and O–H groups in total. The van der Waals surface area contributed by atoms with E-state index in [2.05, 4.69) is 5.32 Å². The monoisotopic (exact) mass is 426 g/mol. The molecule has 160 valence electrons. The molecule has 0 radical (unpaired) electrons. The molecule has 4 aromatic rings. The maximum Gasteiger partial charge on any atom is 0.289 e. The molecule has 0 bridgehead atoms. The van der Waals surface area contributed by atoms with Crippen molar-refractivity contribution < 1.29 is 18.4 Å². The molecule has 0 spiro atoms. The zero-order valence-electron chi connectivity index (χ0n) is 17.6. The van der Waals surface area contributed by atoms with Gasteiger partial charge in [-0.1, -0.05) is 30.3 Å². The number of fused-ring (bicyclic) bond motifs is 1. The molecule has 1 aliphatic heterocycles. The van der Waals surface area contributed by atoms with Crippen molar-refractivity contribution in [1.82, 2.24) is 4.90 Å². The number of aryl methyl sites for hydroxylation is 1. The molecule has 2 aromatic heterocycles. The van der Waals surface area contributed by atoms with Crippen LogP contribution in [-0.2, 0) is 13.0 Å². The zero-order chi connectivity index (χ0) is 22.1. The van der Waals surface area contributed by atoms with Crippen LogP contribution in [0.1, 0.15) is 37.8 Å². The van der Waals surface area contributed by atoms with Crippen LogP contribution in [0.4, 0.5) is 5.69 Å². The number of amides is 2. The molecule has 32 heavy (non-hydrogen) atoms.